The highest BCUT2D eigenvalue weighted by atomic mass is 35.5. The predicted octanol–water partition coefficient (Wildman–Crippen LogP) is 1.09. The first kappa shape index (κ1) is 14.8. The first-order valence-corrected chi connectivity index (χ1v) is 7.74. The molecule has 0 fully saturated rings. The highest BCUT2D eigenvalue weighted by Gasteiger charge is 2.10. The smallest absolute Gasteiger partial charge is 0.252 e. The van der Waals surface area contributed by atoms with Crippen LogP contribution in [0.5, 0.6) is 0 Å². The molecule has 7 heteroatoms. The summed E-state index contributed by atoms with van der Waals surface area (Å²) in [5.41, 5.74) is 6.32. The van der Waals surface area contributed by atoms with E-state index >= 15 is 0 Å². The van der Waals surface area contributed by atoms with Crippen LogP contribution in [-0.4, -0.2) is 32.9 Å². The third-order valence-corrected chi connectivity index (χ3v) is 3.56. The van der Waals surface area contributed by atoms with E-state index in [1.54, 1.807) is 6.07 Å². The number of anilines is 1. The molecule has 0 atom stereocenters. The summed E-state index contributed by atoms with van der Waals surface area (Å²) < 4.78 is 21.8. The first-order chi connectivity index (χ1) is 8.29. The molecule has 0 spiro atoms. The van der Waals surface area contributed by atoms with Crippen LogP contribution in [0.25, 0.3) is 0 Å². The summed E-state index contributed by atoms with van der Waals surface area (Å²) >= 11 is 5.87. The van der Waals surface area contributed by atoms with E-state index < -0.39 is 9.84 Å². The van der Waals surface area contributed by atoms with Crippen molar-refractivity contribution in [3.63, 3.8) is 0 Å². The van der Waals surface area contributed by atoms with E-state index in [9.17, 15) is 13.2 Å². The van der Waals surface area contributed by atoms with E-state index in [2.05, 4.69) is 5.32 Å². The van der Waals surface area contributed by atoms with Gasteiger partial charge >= 0.3 is 0 Å². The highest BCUT2D eigenvalue weighted by Crippen LogP contribution is 2.18. The minimum Gasteiger partial charge on any atom is -0.399 e. The van der Waals surface area contributed by atoms with Crippen molar-refractivity contribution in [1.82, 2.24) is 5.32 Å². The van der Waals surface area contributed by atoms with Crippen LogP contribution in [0.2, 0.25) is 5.02 Å². The lowest BCUT2D eigenvalue weighted by Gasteiger charge is -2.06. The second-order valence-corrected chi connectivity index (χ2v) is 6.65. The summed E-state index contributed by atoms with van der Waals surface area (Å²) in [5.74, 6) is -0.295. The number of hydrogen-bond acceptors (Lipinski definition) is 4. The molecule has 0 radical (unpaired) electrons. The summed E-state index contributed by atoms with van der Waals surface area (Å²) in [6.45, 7) is 0.284. The summed E-state index contributed by atoms with van der Waals surface area (Å²) in [4.78, 5) is 11.7. The minimum atomic E-state index is -2.99. The number of rotatable bonds is 5. The molecule has 0 unspecified atom stereocenters. The molecule has 0 saturated heterocycles. The molecule has 100 valence electrons. The number of nitrogen functional groups attached to an aromatic ring is 1. The number of halogens is 1. The molecule has 1 aromatic rings. The van der Waals surface area contributed by atoms with Crippen LogP contribution in [0.15, 0.2) is 18.2 Å². The van der Waals surface area contributed by atoms with Gasteiger partial charge in [0.25, 0.3) is 5.91 Å². The van der Waals surface area contributed by atoms with Gasteiger partial charge in [-0.1, -0.05) is 11.6 Å². The monoisotopic (exact) mass is 290 g/mol. The molecule has 18 heavy (non-hydrogen) atoms. The Bertz CT molecular complexity index is 543. The lowest BCUT2D eigenvalue weighted by atomic mass is 10.2. The fourth-order valence-corrected chi connectivity index (χ4v) is 2.29. The maximum Gasteiger partial charge on any atom is 0.252 e. The molecular formula is C11H15ClN2O3S. The lowest BCUT2D eigenvalue weighted by Crippen LogP contribution is -2.26. The zero-order valence-electron chi connectivity index (χ0n) is 9.94. The van der Waals surface area contributed by atoms with Crippen LogP contribution >= 0.6 is 11.6 Å². The standard InChI is InChI=1S/C11H15ClN2O3S/c1-18(16,17)6-2-5-14-11(15)9-4-3-8(13)7-10(9)12/h3-4,7H,2,5-6,13H2,1H3,(H,14,15). The van der Waals surface area contributed by atoms with Gasteiger partial charge in [-0.05, 0) is 24.6 Å². The molecular weight excluding hydrogens is 276 g/mol. The summed E-state index contributed by atoms with van der Waals surface area (Å²) in [7, 11) is -2.99. The average molecular weight is 291 g/mol. The molecule has 3 N–H and O–H groups in total. The summed E-state index contributed by atoms with van der Waals surface area (Å²) in [6.07, 6.45) is 1.53. The fraction of sp³-hybridized carbons (Fsp3) is 0.364. The van der Waals surface area contributed by atoms with E-state index in [4.69, 9.17) is 17.3 Å². The van der Waals surface area contributed by atoms with Crippen molar-refractivity contribution in [1.29, 1.82) is 0 Å². The van der Waals surface area contributed by atoms with Gasteiger partial charge in [-0.25, -0.2) is 8.42 Å². The number of carbonyl (C=O) groups excluding carboxylic acids is 1. The second kappa shape index (κ2) is 6.06. The molecule has 0 aliphatic carbocycles. The number of carbonyl (C=O) groups is 1. The summed E-state index contributed by atoms with van der Waals surface area (Å²) in [6, 6.07) is 4.60. The Morgan fingerprint density at radius 3 is 2.67 bits per heavy atom. The number of nitrogens with two attached hydrogens (primary N) is 1. The van der Waals surface area contributed by atoms with Gasteiger partial charge in [0.1, 0.15) is 9.84 Å². The molecule has 0 aromatic heterocycles. The third-order valence-electron chi connectivity index (χ3n) is 2.22. The van der Waals surface area contributed by atoms with Crippen LogP contribution in [0, 0.1) is 0 Å². The molecule has 1 rings (SSSR count). The summed E-state index contributed by atoms with van der Waals surface area (Å²) in [5, 5.41) is 2.88. The lowest BCUT2D eigenvalue weighted by molar-refractivity contribution is 0.0954. The van der Waals surface area contributed by atoms with Gasteiger partial charge < -0.3 is 11.1 Å². The van der Waals surface area contributed by atoms with Crippen molar-refractivity contribution >= 4 is 33.0 Å². The molecule has 1 amide bonds. The Labute approximate surface area is 111 Å². The highest BCUT2D eigenvalue weighted by molar-refractivity contribution is 7.90. The van der Waals surface area contributed by atoms with Gasteiger partial charge in [-0.2, -0.15) is 0 Å². The number of nitrogens with one attached hydrogen (secondary N) is 1. The maximum absolute atomic E-state index is 11.7. The van der Waals surface area contributed by atoms with E-state index in [1.807, 2.05) is 0 Å². The Kier molecular flexibility index (Phi) is 4.98. The van der Waals surface area contributed by atoms with Crippen molar-refractivity contribution in [2.24, 2.45) is 0 Å². The number of benzene rings is 1. The minimum absolute atomic E-state index is 0.0444. The Balaban J connectivity index is 2.51. The van der Waals surface area contributed by atoms with Crippen LogP contribution in [0.3, 0.4) is 0 Å². The van der Waals surface area contributed by atoms with Crippen LogP contribution in [0.4, 0.5) is 5.69 Å². The maximum atomic E-state index is 11.7. The normalized spacial score (nSPS) is 11.2. The first-order valence-electron chi connectivity index (χ1n) is 5.30. The van der Waals surface area contributed by atoms with Gasteiger partial charge in [-0.15, -0.1) is 0 Å². The third kappa shape index (κ3) is 4.93. The van der Waals surface area contributed by atoms with Crippen molar-refractivity contribution in [2.45, 2.75) is 6.42 Å². The molecule has 5 nitrogen and oxygen atoms in total. The van der Waals surface area contributed by atoms with Gasteiger partial charge in [0.2, 0.25) is 0 Å². The molecule has 1 aromatic carbocycles. The van der Waals surface area contributed by atoms with Gasteiger partial charge in [-0.3, -0.25) is 4.79 Å². The molecule has 0 aliphatic rings. The molecule has 0 aliphatic heterocycles. The number of sulfone groups is 1. The Hall–Kier alpha value is -1.27. The van der Waals surface area contributed by atoms with Gasteiger partial charge in [0.05, 0.1) is 16.3 Å². The molecule has 0 heterocycles. The van der Waals surface area contributed by atoms with Gasteiger partial charge in [0, 0.05) is 18.5 Å². The Morgan fingerprint density at radius 1 is 1.44 bits per heavy atom. The average Bonchev–Trinajstić information content (AvgIpc) is 2.22. The van der Waals surface area contributed by atoms with E-state index in [-0.39, 0.29) is 23.2 Å². The molecule has 0 saturated carbocycles. The van der Waals surface area contributed by atoms with Crippen molar-refractivity contribution in [3.8, 4) is 0 Å². The quantitative estimate of drug-likeness (QED) is 0.627. The zero-order valence-corrected chi connectivity index (χ0v) is 11.5. The van der Waals surface area contributed by atoms with Crippen LogP contribution in [-0.2, 0) is 9.84 Å². The predicted molar refractivity (Wildman–Crippen MR) is 72.5 cm³/mol. The van der Waals surface area contributed by atoms with E-state index in [0.717, 1.165) is 6.26 Å². The van der Waals surface area contributed by atoms with Crippen LogP contribution < -0.4 is 11.1 Å². The van der Waals surface area contributed by atoms with Crippen molar-refractivity contribution in [2.75, 3.05) is 24.3 Å². The SMILES string of the molecule is CS(=O)(=O)CCCNC(=O)c1ccc(N)cc1Cl. The largest absolute Gasteiger partial charge is 0.399 e. The number of hydrogen-bond donors (Lipinski definition) is 2. The van der Waals surface area contributed by atoms with Crippen molar-refractivity contribution < 1.29 is 13.2 Å². The number of amides is 1. The topological polar surface area (TPSA) is 89.3 Å². The Morgan fingerprint density at radius 2 is 2.11 bits per heavy atom. The van der Waals surface area contributed by atoms with Crippen LogP contribution in [0.1, 0.15) is 16.8 Å². The molecule has 0 bridgehead atoms. The van der Waals surface area contributed by atoms with Crippen molar-refractivity contribution in [3.05, 3.63) is 28.8 Å². The van der Waals surface area contributed by atoms with E-state index in [1.165, 1.54) is 12.1 Å². The second-order valence-electron chi connectivity index (χ2n) is 3.98. The van der Waals surface area contributed by atoms with Gasteiger partial charge in [0.15, 0.2) is 0 Å². The van der Waals surface area contributed by atoms with E-state index in [0.29, 0.717) is 17.7 Å². The zero-order chi connectivity index (χ0) is 13.8. The fourth-order valence-electron chi connectivity index (χ4n) is 1.35.